The van der Waals surface area contributed by atoms with E-state index in [0.717, 1.165) is 18.4 Å². The van der Waals surface area contributed by atoms with Crippen LogP contribution in [0.15, 0.2) is 24.3 Å². The maximum Gasteiger partial charge on any atom is 0.416 e. The lowest BCUT2D eigenvalue weighted by Gasteiger charge is -2.13. The fourth-order valence-electron chi connectivity index (χ4n) is 1.64. The summed E-state index contributed by atoms with van der Waals surface area (Å²) in [4.78, 5) is 0. The zero-order valence-corrected chi connectivity index (χ0v) is 11.3. The van der Waals surface area contributed by atoms with Gasteiger partial charge < -0.3 is 5.73 Å². The molecule has 0 spiro atoms. The minimum atomic E-state index is -4.38. The van der Waals surface area contributed by atoms with Gasteiger partial charge in [0.1, 0.15) is 9.84 Å². The first-order valence-corrected chi connectivity index (χ1v) is 7.73. The average Bonchev–Trinajstić information content (AvgIpc) is 2.25. The number of nitrogens with two attached hydrogens (primary N) is 1. The van der Waals surface area contributed by atoms with Crippen molar-refractivity contribution < 1.29 is 21.6 Å². The molecule has 108 valence electrons. The molecular weight excluding hydrogens is 279 g/mol. The second kappa shape index (κ2) is 5.92. The molecule has 0 aromatic heterocycles. The van der Waals surface area contributed by atoms with Gasteiger partial charge in [-0.25, -0.2) is 8.42 Å². The van der Waals surface area contributed by atoms with E-state index in [2.05, 4.69) is 0 Å². The zero-order chi connectivity index (χ0) is 14.7. The quantitative estimate of drug-likeness (QED) is 0.904. The maximum absolute atomic E-state index is 12.5. The molecule has 3 nitrogen and oxygen atoms in total. The SMILES string of the molecule is CS(=O)(=O)CCC(N)Cc1cccc(C(F)(F)F)c1. The molecule has 1 unspecified atom stereocenters. The number of benzene rings is 1. The Morgan fingerprint density at radius 3 is 2.47 bits per heavy atom. The fourth-order valence-corrected chi connectivity index (χ4v) is 2.38. The molecule has 7 heteroatoms. The Labute approximate surface area is 110 Å². The minimum Gasteiger partial charge on any atom is -0.327 e. The molecule has 1 rings (SSSR count). The molecule has 0 bridgehead atoms. The van der Waals surface area contributed by atoms with Crippen molar-refractivity contribution in [3.05, 3.63) is 35.4 Å². The summed E-state index contributed by atoms with van der Waals surface area (Å²) >= 11 is 0. The summed E-state index contributed by atoms with van der Waals surface area (Å²) in [7, 11) is -3.10. The van der Waals surface area contributed by atoms with Crippen LogP contribution in [0.2, 0.25) is 0 Å². The average molecular weight is 295 g/mol. The Kier molecular flexibility index (Phi) is 4.98. The highest BCUT2D eigenvalue weighted by Gasteiger charge is 2.30. The van der Waals surface area contributed by atoms with Crippen LogP contribution >= 0.6 is 0 Å². The topological polar surface area (TPSA) is 60.2 Å². The van der Waals surface area contributed by atoms with E-state index in [1.54, 1.807) is 6.07 Å². The van der Waals surface area contributed by atoms with Gasteiger partial charge in [-0.1, -0.05) is 18.2 Å². The van der Waals surface area contributed by atoms with Crippen LogP contribution in [0, 0.1) is 0 Å². The smallest absolute Gasteiger partial charge is 0.327 e. The molecule has 1 aromatic carbocycles. The van der Waals surface area contributed by atoms with E-state index in [-0.39, 0.29) is 18.6 Å². The standard InChI is InChI=1S/C12H16F3NO2S/c1-19(17,18)6-5-11(16)8-9-3-2-4-10(7-9)12(13,14)15/h2-4,7,11H,5-6,8,16H2,1H3. The minimum absolute atomic E-state index is 0.0624. The van der Waals surface area contributed by atoms with E-state index in [9.17, 15) is 21.6 Å². The number of hydrogen-bond acceptors (Lipinski definition) is 3. The van der Waals surface area contributed by atoms with Gasteiger partial charge in [0.05, 0.1) is 11.3 Å². The summed E-state index contributed by atoms with van der Waals surface area (Å²) in [5.41, 5.74) is 5.46. The van der Waals surface area contributed by atoms with Gasteiger partial charge in [-0.2, -0.15) is 13.2 Å². The van der Waals surface area contributed by atoms with Crippen LogP contribution in [-0.2, 0) is 22.4 Å². The van der Waals surface area contributed by atoms with Crippen LogP contribution in [0.4, 0.5) is 13.2 Å². The number of rotatable bonds is 5. The van der Waals surface area contributed by atoms with E-state index in [4.69, 9.17) is 5.73 Å². The summed E-state index contributed by atoms with van der Waals surface area (Å²) in [6, 6.07) is 4.43. The number of alkyl halides is 3. The lowest BCUT2D eigenvalue weighted by molar-refractivity contribution is -0.137. The molecule has 0 radical (unpaired) electrons. The van der Waals surface area contributed by atoms with Gasteiger partial charge >= 0.3 is 6.18 Å². The molecule has 0 saturated heterocycles. The van der Waals surface area contributed by atoms with Crippen molar-refractivity contribution in [1.82, 2.24) is 0 Å². The highest BCUT2D eigenvalue weighted by molar-refractivity contribution is 7.90. The molecule has 2 N–H and O–H groups in total. The summed E-state index contributed by atoms with van der Waals surface area (Å²) in [5, 5.41) is 0. The van der Waals surface area contributed by atoms with Gasteiger partial charge in [-0.05, 0) is 24.5 Å². The molecule has 0 heterocycles. The van der Waals surface area contributed by atoms with Crippen LogP contribution in [0.3, 0.4) is 0 Å². The number of halogens is 3. The summed E-state index contributed by atoms with van der Waals surface area (Å²) < 4.78 is 59.4. The molecule has 1 atom stereocenters. The summed E-state index contributed by atoms with van der Waals surface area (Å²) in [6.07, 6.45) is -2.83. The van der Waals surface area contributed by atoms with Gasteiger partial charge in [-0.15, -0.1) is 0 Å². The second-order valence-electron chi connectivity index (χ2n) is 4.58. The maximum atomic E-state index is 12.5. The predicted octanol–water partition coefficient (Wildman–Crippen LogP) is 2.01. The largest absolute Gasteiger partial charge is 0.416 e. The molecule has 0 amide bonds. The molecule has 0 aliphatic heterocycles. The van der Waals surface area contributed by atoms with Crippen LogP contribution in [0.25, 0.3) is 0 Å². The third-order valence-corrected chi connectivity index (χ3v) is 3.59. The fraction of sp³-hybridized carbons (Fsp3) is 0.500. The van der Waals surface area contributed by atoms with Crippen LogP contribution < -0.4 is 5.73 Å². The monoisotopic (exact) mass is 295 g/mol. The Morgan fingerprint density at radius 1 is 1.32 bits per heavy atom. The van der Waals surface area contributed by atoms with Crippen molar-refractivity contribution in [2.45, 2.75) is 25.1 Å². The zero-order valence-electron chi connectivity index (χ0n) is 10.4. The summed E-state index contributed by atoms with van der Waals surface area (Å²) in [5.74, 6) is -0.0624. The first-order chi connectivity index (χ1) is 8.58. The lowest BCUT2D eigenvalue weighted by atomic mass is 10.0. The van der Waals surface area contributed by atoms with Crippen molar-refractivity contribution in [2.24, 2.45) is 5.73 Å². The molecular formula is C12H16F3NO2S. The summed E-state index contributed by atoms with van der Waals surface area (Å²) in [6.45, 7) is 0. The van der Waals surface area contributed by atoms with Crippen molar-refractivity contribution in [3.63, 3.8) is 0 Å². The Balaban J connectivity index is 2.67. The van der Waals surface area contributed by atoms with Crippen molar-refractivity contribution >= 4 is 9.84 Å². The Hall–Kier alpha value is -1.08. The van der Waals surface area contributed by atoms with Crippen molar-refractivity contribution in [1.29, 1.82) is 0 Å². The van der Waals surface area contributed by atoms with Crippen LogP contribution in [0.1, 0.15) is 17.5 Å². The van der Waals surface area contributed by atoms with Gasteiger partial charge in [-0.3, -0.25) is 0 Å². The predicted molar refractivity (Wildman–Crippen MR) is 67.5 cm³/mol. The first kappa shape index (κ1) is 16.0. The second-order valence-corrected chi connectivity index (χ2v) is 6.84. The number of sulfone groups is 1. The van der Waals surface area contributed by atoms with Crippen molar-refractivity contribution in [3.8, 4) is 0 Å². The lowest BCUT2D eigenvalue weighted by Crippen LogP contribution is -2.26. The Morgan fingerprint density at radius 2 is 1.95 bits per heavy atom. The molecule has 0 saturated carbocycles. The molecule has 0 aliphatic rings. The van der Waals surface area contributed by atoms with Gasteiger partial charge in [0.25, 0.3) is 0 Å². The highest BCUT2D eigenvalue weighted by Crippen LogP contribution is 2.29. The molecule has 0 fully saturated rings. The van der Waals surface area contributed by atoms with E-state index < -0.39 is 27.6 Å². The van der Waals surface area contributed by atoms with E-state index in [1.807, 2.05) is 0 Å². The van der Waals surface area contributed by atoms with Gasteiger partial charge in [0.15, 0.2) is 0 Å². The van der Waals surface area contributed by atoms with E-state index >= 15 is 0 Å². The third-order valence-electron chi connectivity index (χ3n) is 2.61. The first-order valence-electron chi connectivity index (χ1n) is 5.67. The van der Waals surface area contributed by atoms with Gasteiger partial charge in [0.2, 0.25) is 0 Å². The molecule has 0 aliphatic carbocycles. The third kappa shape index (κ3) is 6.07. The van der Waals surface area contributed by atoms with Crippen LogP contribution in [-0.4, -0.2) is 26.5 Å². The van der Waals surface area contributed by atoms with E-state index in [0.29, 0.717) is 5.56 Å². The van der Waals surface area contributed by atoms with E-state index in [1.165, 1.54) is 6.07 Å². The Bertz CT molecular complexity index is 526. The molecule has 1 aromatic rings. The van der Waals surface area contributed by atoms with Gasteiger partial charge in [0, 0.05) is 12.3 Å². The number of hydrogen-bond donors (Lipinski definition) is 1. The highest BCUT2D eigenvalue weighted by atomic mass is 32.2. The van der Waals surface area contributed by atoms with Crippen molar-refractivity contribution in [2.75, 3.05) is 12.0 Å². The van der Waals surface area contributed by atoms with Crippen LogP contribution in [0.5, 0.6) is 0 Å². The molecule has 19 heavy (non-hydrogen) atoms. The normalized spacial score (nSPS) is 14.4.